The SMILES string of the molecule is Cc1ccnc(-c2nc(O)c(Br)c(=O)[nH]2)c1. The first-order valence-electron chi connectivity index (χ1n) is 4.50. The van der Waals surface area contributed by atoms with Crippen LogP contribution in [0.25, 0.3) is 11.5 Å². The van der Waals surface area contributed by atoms with Gasteiger partial charge in [0.05, 0.1) is 0 Å². The van der Waals surface area contributed by atoms with Crippen molar-refractivity contribution >= 4 is 15.9 Å². The smallest absolute Gasteiger partial charge is 0.269 e. The molecule has 2 rings (SSSR count). The van der Waals surface area contributed by atoms with Gasteiger partial charge < -0.3 is 10.1 Å². The largest absolute Gasteiger partial charge is 0.492 e. The molecule has 6 heteroatoms. The number of aryl methyl sites for hydroxylation is 1. The van der Waals surface area contributed by atoms with Gasteiger partial charge in [0.25, 0.3) is 5.56 Å². The first-order valence-corrected chi connectivity index (χ1v) is 5.29. The van der Waals surface area contributed by atoms with Crippen molar-refractivity contribution in [3.05, 3.63) is 38.7 Å². The Hall–Kier alpha value is -1.69. The Bertz CT molecular complexity index is 595. The number of hydrogen-bond acceptors (Lipinski definition) is 4. The van der Waals surface area contributed by atoms with Crippen molar-refractivity contribution in [2.24, 2.45) is 0 Å². The summed E-state index contributed by atoms with van der Waals surface area (Å²) in [5.41, 5.74) is 1.07. The molecule has 0 aliphatic heterocycles. The van der Waals surface area contributed by atoms with Gasteiger partial charge in [-0.2, -0.15) is 4.98 Å². The first kappa shape index (κ1) is 10.8. The van der Waals surface area contributed by atoms with Gasteiger partial charge in [-0.3, -0.25) is 9.78 Å². The van der Waals surface area contributed by atoms with E-state index in [1.807, 2.05) is 13.0 Å². The second-order valence-corrected chi connectivity index (χ2v) is 4.06. The average Bonchev–Trinajstić information content (AvgIpc) is 2.25. The topological polar surface area (TPSA) is 78.9 Å². The Morgan fingerprint density at radius 1 is 1.50 bits per heavy atom. The van der Waals surface area contributed by atoms with Crippen molar-refractivity contribution in [2.45, 2.75) is 6.92 Å². The molecule has 0 saturated heterocycles. The molecule has 0 saturated carbocycles. The molecule has 0 fully saturated rings. The molecule has 2 heterocycles. The van der Waals surface area contributed by atoms with E-state index in [0.29, 0.717) is 5.69 Å². The van der Waals surface area contributed by atoms with E-state index in [9.17, 15) is 9.90 Å². The maximum Gasteiger partial charge on any atom is 0.269 e. The lowest BCUT2D eigenvalue weighted by Crippen LogP contribution is -2.10. The summed E-state index contributed by atoms with van der Waals surface area (Å²) in [7, 11) is 0. The second kappa shape index (κ2) is 4.05. The van der Waals surface area contributed by atoms with Gasteiger partial charge in [-0.05, 0) is 40.5 Å². The van der Waals surface area contributed by atoms with Crippen molar-refractivity contribution in [1.29, 1.82) is 0 Å². The Labute approximate surface area is 99.3 Å². The van der Waals surface area contributed by atoms with Crippen LogP contribution in [0.5, 0.6) is 5.88 Å². The number of aromatic hydroxyl groups is 1. The molecule has 0 spiro atoms. The molecular formula is C10H8BrN3O2. The maximum absolute atomic E-state index is 11.4. The lowest BCUT2D eigenvalue weighted by atomic mass is 10.2. The van der Waals surface area contributed by atoms with Gasteiger partial charge in [-0.25, -0.2) is 0 Å². The summed E-state index contributed by atoms with van der Waals surface area (Å²) in [5, 5.41) is 9.41. The van der Waals surface area contributed by atoms with Crippen LogP contribution in [0, 0.1) is 6.92 Å². The van der Waals surface area contributed by atoms with Crippen molar-refractivity contribution < 1.29 is 5.11 Å². The summed E-state index contributed by atoms with van der Waals surface area (Å²) in [6.07, 6.45) is 1.61. The monoisotopic (exact) mass is 281 g/mol. The van der Waals surface area contributed by atoms with E-state index < -0.39 is 5.56 Å². The molecule has 2 N–H and O–H groups in total. The zero-order chi connectivity index (χ0) is 11.7. The number of rotatable bonds is 1. The number of aromatic nitrogens is 3. The van der Waals surface area contributed by atoms with Gasteiger partial charge >= 0.3 is 0 Å². The summed E-state index contributed by atoms with van der Waals surface area (Å²) in [4.78, 5) is 21.8. The molecular weight excluding hydrogens is 274 g/mol. The van der Waals surface area contributed by atoms with Gasteiger partial charge in [-0.15, -0.1) is 0 Å². The molecule has 16 heavy (non-hydrogen) atoms. The Morgan fingerprint density at radius 2 is 2.25 bits per heavy atom. The number of aromatic amines is 1. The maximum atomic E-state index is 11.4. The van der Waals surface area contributed by atoms with Crippen LogP contribution in [0.1, 0.15) is 5.56 Å². The Balaban J connectivity index is 2.61. The van der Waals surface area contributed by atoms with E-state index in [2.05, 4.69) is 30.9 Å². The number of pyridine rings is 1. The van der Waals surface area contributed by atoms with E-state index >= 15 is 0 Å². The van der Waals surface area contributed by atoms with Crippen LogP contribution in [0.15, 0.2) is 27.6 Å². The summed E-state index contributed by atoms with van der Waals surface area (Å²) >= 11 is 2.92. The highest BCUT2D eigenvalue weighted by Crippen LogP contribution is 2.19. The predicted octanol–water partition coefficient (Wildman–Crippen LogP) is 1.61. The number of hydrogen-bond donors (Lipinski definition) is 2. The van der Waals surface area contributed by atoms with Crippen LogP contribution < -0.4 is 5.56 Å². The van der Waals surface area contributed by atoms with Crippen LogP contribution in [-0.2, 0) is 0 Å². The van der Waals surface area contributed by atoms with Crippen LogP contribution in [0.2, 0.25) is 0 Å². The van der Waals surface area contributed by atoms with Gasteiger partial charge in [-0.1, -0.05) is 0 Å². The quantitative estimate of drug-likeness (QED) is 0.832. The minimum absolute atomic E-state index is 0.0175. The molecule has 0 aliphatic rings. The molecule has 0 bridgehead atoms. The molecule has 2 aromatic rings. The zero-order valence-corrected chi connectivity index (χ0v) is 9.95. The summed E-state index contributed by atoms with van der Waals surface area (Å²) in [6.45, 7) is 1.90. The fourth-order valence-corrected chi connectivity index (χ4v) is 1.42. The molecule has 0 radical (unpaired) electrons. The molecule has 2 aromatic heterocycles. The van der Waals surface area contributed by atoms with Crippen LogP contribution in [-0.4, -0.2) is 20.1 Å². The van der Waals surface area contributed by atoms with Gasteiger partial charge in [0.2, 0.25) is 5.88 Å². The standard InChI is InChI=1S/C10H8BrN3O2/c1-5-2-3-12-6(4-5)8-13-9(15)7(11)10(16)14-8/h2-4H,1H3,(H2,13,14,15,16). The van der Waals surface area contributed by atoms with Gasteiger partial charge in [0.15, 0.2) is 5.82 Å². The number of nitrogens with zero attached hydrogens (tertiary/aromatic N) is 2. The van der Waals surface area contributed by atoms with Gasteiger partial charge in [0.1, 0.15) is 10.2 Å². The molecule has 0 atom stereocenters. The van der Waals surface area contributed by atoms with E-state index in [-0.39, 0.29) is 16.2 Å². The third-order valence-corrected chi connectivity index (χ3v) is 2.72. The van der Waals surface area contributed by atoms with Crippen molar-refractivity contribution in [3.63, 3.8) is 0 Å². The van der Waals surface area contributed by atoms with Crippen molar-refractivity contribution in [3.8, 4) is 17.4 Å². The normalized spacial score (nSPS) is 10.4. The van der Waals surface area contributed by atoms with E-state index in [1.165, 1.54) is 0 Å². The predicted molar refractivity (Wildman–Crippen MR) is 62.2 cm³/mol. The zero-order valence-electron chi connectivity index (χ0n) is 8.36. The van der Waals surface area contributed by atoms with E-state index in [0.717, 1.165) is 5.56 Å². The summed E-state index contributed by atoms with van der Waals surface area (Å²) < 4.78 is 0.0175. The molecule has 0 aliphatic carbocycles. The summed E-state index contributed by atoms with van der Waals surface area (Å²) in [6, 6.07) is 3.60. The van der Waals surface area contributed by atoms with Crippen molar-refractivity contribution in [1.82, 2.24) is 15.0 Å². The van der Waals surface area contributed by atoms with E-state index in [1.54, 1.807) is 12.3 Å². The summed E-state index contributed by atoms with van der Waals surface area (Å²) in [5.74, 6) is -0.101. The Morgan fingerprint density at radius 3 is 2.88 bits per heavy atom. The van der Waals surface area contributed by atoms with Crippen LogP contribution in [0.3, 0.4) is 0 Å². The molecule has 5 nitrogen and oxygen atoms in total. The molecule has 0 aromatic carbocycles. The number of halogens is 1. The number of H-pyrrole nitrogens is 1. The van der Waals surface area contributed by atoms with Crippen LogP contribution >= 0.6 is 15.9 Å². The third-order valence-electron chi connectivity index (χ3n) is 2.00. The highest BCUT2D eigenvalue weighted by Gasteiger charge is 2.09. The minimum atomic E-state index is -0.439. The average molecular weight is 282 g/mol. The lowest BCUT2D eigenvalue weighted by molar-refractivity contribution is 0.448. The van der Waals surface area contributed by atoms with Gasteiger partial charge in [0, 0.05) is 6.20 Å². The number of nitrogens with one attached hydrogen (secondary N) is 1. The van der Waals surface area contributed by atoms with E-state index in [4.69, 9.17) is 0 Å². The first-order chi connectivity index (χ1) is 7.58. The van der Waals surface area contributed by atoms with Crippen molar-refractivity contribution in [2.75, 3.05) is 0 Å². The highest BCUT2D eigenvalue weighted by molar-refractivity contribution is 9.10. The molecule has 0 unspecified atom stereocenters. The highest BCUT2D eigenvalue weighted by atomic mass is 79.9. The second-order valence-electron chi connectivity index (χ2n) is 3.27. The fourth-order valence-electron chi connectivity index (χ4n) is 1.23. The fraction of sp³-hybridized carbons (Fsp3) is 0.100. The minimum Gasteiger partial charge on any atom is -0.492 e. The molecule has 82 valence electrons. The van der Waals surface area contributed by atoms with Crippen LogP contribution in [0.4, 0.5) is 0 Å². The lowest BCUT2D eigenvalue weighted by Gasteiger charge is -2.02. The third kappa shape index (κ3) is 1.96. The Kier molecular flexibility index (Phi) is 2.74. The molecule has 0 amide bonds.